The van der Waals surface area contributed by atoms with Crippen LogP contribution < -0.4 is 26.8 Å². The maximum Gasteiger partial charge on any atom is 0.277 e. The van der Waals surface area contributed by atoms with Crippen molar-refractivity contribution in [1.82, 2.24) is 9.97 Å². The van der Waals surface area contributed by atoms with Crippen molar-refractivity contribution in [2.75, 3.05) is 23.0 Å². The van der Waals surface area contributed by atoms with Crippen LogP contribution in [0.15, 0.2) is 4.79 Å². The lowest BCUT2D eigenvalue weighted by atomic mass is 9.96. The highest BCUT2D eigenvalue weighted by Crippen LogP contribution is 2.47. The second-order valence-corrected chi connectivity index (χ2v) is 6.57. The summed E-state index contributed by atoms with van der Waals surface area (Å²) in [4.78, 5) is 41.9. The second-order valence-electron chi connectivity index (χ2n) is 5.21. The number of phosphoric ester groups is 1. The van der Waals surface area contributed by atoms with Crippen LogP contribution >= 0.6 is 7.82 Å². The van der Waals surface area contributed by atoms with E-state index in [0.717, 1.165) is 0 Å². The van der Waals surface area contributed by atoms with E-state index >= 15 is 0 Å². The fourth-order valence-corrected chi connectivity index (χ4v) is 3.62. The van der Waals surface area contributed by atoms with Gasteiger partial charge in [0.1, 0.15) is 17.8 Å². The molecule has 0 radical (unpaired) electrons. The van der Waals surface area contributed by atoms with Gasteiger partial charge in [-0.25, -0.2) is 0 Å². The Bertz CT molecular complexity index is 796. The average molecular weight is 344 g/mol. The Morgan fingerprint density at radius 1 is 1.35 bits per heavy atom. The molecular weight excluding hydrogens is 333 g/mol. The van der Waals surface area contributed by atoms with Gasteiger partial charge >= 0.3 is 0 Å². The normalized spacial score (nSPS) is 38.6. The van der Waals surface area contributed by atoms with Crippen molar-refractivity contribution in [2.45, 2.75) is 24.5 Å². The highest BCUT2D eigenvalue weighted by molar-refractivity contribution is 7.46. The third kappa shape index (κ3) is 2.31. The maximum absolute atomic E-state index is 12.5. The zero-order chi connectivity index (χ0) is 16.4. The van der Waals surface area contributed by atoms with Gasteiger partial charge < -0.3 is 35.0 Å². The molecule has 4 rings (SSSR count). The van der Waals surface area contributed by atoms with Gasteiger partial charge in [0.2, 0.25) is 5.95 Å². The molecule has 13 heteroatoms. The van der Waals surface area contributed by atoms with Crippen LogP contribution in [0.4, 0.5) is 17.5 Å². The molecule has 0 spiro atoms. The number of carbonyl (C=O) groups excluding carboxylic acids is 1. The average Bonchev–Trinajstić information content (AvgIpc) is 2.46. The molecule has 0 aromatic carbocycles. The van der Waals surface area contributed by atoms with Gasteiger partial charge in [0.05, 0.1) is 6.61 Å². The molecule has 23 heavy (non-hydrogen) atoms. The molecule has 0 aliphatic carbocycles. The van der Waals surface area contributed by atoms with Gasteiger partial charge in [-0.1, -0.05) is 0 Å². The van der Waals surface area contributed by atoms with E-state index in [1.165, 1.54) is 0 Å². The number of H-pyrrole nitrogens is 1. The van der Waals surface area contributed by atoms with E-state index in [-0.39, 0.29) is 24.1 Å². The molecule has 5 N–H and O–H groups in total. The summed E-state index contributed by atoms with van der Waals surface area (Å²) in [5.74, 6) is -0.538. The second kappa shape index (κ2) is 4.76. The van der Waals surface area contributed by atoms with Gasteiger partial charge in [0.15, 0.2) is 23.9 Å². The van der Waals surface area contributed by atoms with Crippen LogP contribution in [0, 0.1) is 0 Å². The van der Waals surface area contributed by atoms with Crippen molar-refractivity contribution < 1.29 is 28.0 Å². The lowest BCUT2D eigenvalue weighted by molar-refractivity contribution is -0.254. The van der Waals surface area contributed by atoms with Crippen LogP contribution in [0.5, 0.6) is 0 Å². The Kier molecular flexibility index (Phi) is 3.02. The number of rotatable bonds is 0. The molecule has 2 saturated heterocycles. The number of nitrogen functional groups attached to an aromatic ring is 1. The minimum absolute atomic E-state index is 0.00761. The Hall–Kier alpha value is -1.98. The van der Waals surface area contributed by atoms with Crippen molar-refractivity contribution >= 4 is 31.1 Å². The number of ether oxygens (including phenoxy) is 1. The highest BCUT2D eigenvalue weighted by atomic mass is 31.2. The number of anilines is 3. The highest BCUT2D eigenvalue weighted by Gasteiger charge is 2.51. The molecule has 3 aliphatic heterocycles. The molecule has 0 bridgehead atoms. The number of hydrogen-bond acceptors (Lipinski definition) is 11. The van der Waals surface area contributed by atoms with Gasteiger partial charge in [0.25, 0.3) is 13.4 Å². The topological polar surface area (TPSA) is 181 Å². The first-order valence-corrected chi connectivity index (χ1v) is 8.06. The van der Waals surface area contributed by atoms with Crippen LogP contribution in [0.25, 0.3) is 0 Å². The number of hydrogen-bond donors (Lipinski definition) is 4. The van der Waals surface area contributed by atoms with Crippen LogP contribution in [-0.2, 0) is 23.1 Å². The first kappa shape index (κ1) is 14.6. The van der Waals surface area contributed by atoms with Crippen LogP contribution in [0.3, 0.4) is 0 Å². The van der Waals surface area contributed by atoms with E-state index in [1.807, 2.05) is 0 Å². The lowest BCUT2D eigenvalue weighted by Gasteiger charge is -2.46. The van der Waals surface area contributed by atoms with E-state index in [0.29, 0.717) is 0 Å². The predicted molar refractivity (Wildman–Crippen MR) is 72.4 cm³/mol. The number of Topliss-reactive ketones (excluding diaryl/α,β-unsaturated/α-hetero) is 1. The number of nitrogens with one attached hydrogen (secondary N) is 3. The number of phosphoric acid groups is 1. The number of fused-ring (bicyclic) bond motifs is 3. The third-order valence-electron chi connectivity index (χ3n) is 3.70. The largest absolute Gasteiger partial charge is 0.756 e. The summed E-state index contributed by atoms with van der Waals surface area (Å²) < 4.78 is 26.2. The molecule has 0 saturated carbocycles. The first-order valence-electron chi connectivity index (χ1n) is 6.60. The number of aromatic amines is 1. The summed E-state index contributed by atoms with van der Waals surface area (Å²) in [5.41, 5.74) is 4.90. The van der Waals surface area contributed by atoms with E-state index in [9.17, 15) is 19.0 Å². The molecule has 12 nitrogen and oxygen atoms in total. The molecule has 0 amide bonds. The minimum Gasteiger partial charge on any atom is -0.756 e. The predicted octanol–water partition coefficient (Wildman–Crippen LogP) is -2.26. The SMILES string of the molecule is Nc1nc2c(c(=O)[nH]1)N[C@H]1C(=O)C3OP(=O)([O-])OCC3O[C@H]1N2. The summed E-state index contributed by atoms with van der Waals surface area (Å²) in [6.07, 6.45) is -3.10. The molecule has 3 unspecified atom stereocenters. The summed E-state index contributed by atoms with van der Waals surface area (Å²) >= 11 is 0. The van der Waals surface area contributed by atoms with Crippen molar-refractivity contribution in [1.29, 1.82) is 0 Å². The third-order valence-corrected chi connectivity index (χ3v) is 4.66. The van der Waals surface area contributed by atoms with E-state index in [2.05, 4.69) is 25.1 Å². The Balaban J connectivity index is 1.68. The number of ketones is 1. The van der Waals surface area contributed by atoms with Crippen molar-refractivity contribution in [3.05, 3.63) is 10.4 Å². The molecule has 4 heterocycles. The van der Waals surface area contributed by atoms with Gasteiger partial charge in [-0.05, 0) is 0 Å². The summed E-state index contributed by atoms with van der Waals surface area (Å²) in [6.45, 7) is -0.333. The number of carbonyl (C=O) groups is 1. The van der Waals surface area contributed by atoms with Crippen molar-refractivity contribution in [3.8, 4) is 0 Å². The Labute approximate surface area is 127 Å². The molecule has 124 valence electrons. The molecule has 5 atom stereocenters. The smallest absolute Gasteiger partial charge is 0.277 e. The summed E-state index contributed by atoms with van der Waals surface area (Å²) in [7, 11) is -4.54. The molecule has 2 fully saturated rings. The van der Waals surface area contributed by atoms with E-state index < -0.39 is 43.6 Å². The van der Waals surface area contributed by atoms with Crippen LogP contribution in [0.1, 0.15) is 0 Å². The molecular formula is C10H11N5O7P-. The van der Waals surface area contributed by atoms with Gasteiger partial charge in [0, 0.05) is 0 Å². The number of nitrogens with zero attached hydrogens (tertiary/aromatic N) is 1. The van der Waals surface area contributed by atoms with Gasteiger partial charge in [-0.15, -0.1) is 0 Å². The van der Waals surface area contributed by atoms with Gasteiger partial charge in [-0.3, -0.25) is 19.1 Å². The standard InChI is InChI=1S/C10H12N5O7P/c11-10-14-7-4(8(17)15-10)12-3-5(16)6-2(21-9(3)13-7)1-20-23(18,19)22-6/h2-3,6,9,12H,1H2,(H,18,19)(H4,11,13,14,15,17)/p-1/t2?,3-,6?,9+/m0/s1. The van der Waals surface area contributed by atoms with Gasteiger partial charge in [-0.2, -0.15) is 4.98 Å². The zero-order valence-corrected chi connectivity index (χ0v) is 12.2. The van der Waals surface area contributed by atoms with Crippen LogP contribution in [0.2, 0.25) is 0 Å². The maximum atomic E-state index is 12.5. The Morgan fingerprint density at radius 2 is 2.13 bits per heavy atom. The van der Waals surface area contributed by atoms with Crippen molar-refractivity contribution in [2.24, 2.45) is 0 Å². The number of nitrogens with two attached hydrogens (primary N) is 1. The quantitative estimate of drug-likeness (QED) is 0.373. The fourth-order valence-electron chi connectivity index (χ4n) is 2.71. The summed E-state index contributed by atoms with van der Waals surface area (Å²) in [5, 5.41) is 5.48. The fraction of sp³-hybridized carbons (Fsp3) is 0.500. The van der Waals surface area contributed by atoms with Crippen LogP contribution in [-0.4, -0.2) is 46.8 Å². The lowest BCUT2D eigenvalue weighted by Crippen LogP contribution is -2.64. The monoisotopic (exact) mass is 344 g/mol. The van der Waals surface area contributed by atoms with Crippen molar-refractivity contribution in [3.63, 3.8) is 0 Å². The van der Waals surface area contributed by atoms with E-state index in [1.54, 1.807) is 0 Å². The number of aromatic nitrogens is 2. The van der Waals surface area contributed by atoms with E-state index in [4.69, 9.17) is 15.0 Å². The summed E-state index contributed by atoms with van der Waals surface area (Å²) in [6, 6.07) is -1.02. The first-order chi connectivity index (χ1) is 10.8. The molecule has 3 aliphatic rings. The molecule has 1 aromatic rings. The molecule has 1 aromatic heterocycles. The minimum atomic E-state index is -4.54. The zero-order valence-electron chi connectivity index (χ0n) is 11.3. The Morgan fingerprint density at radius 3 is 2.91 bits per heavy atom.